The molecule has 1 aromatic carbocycles. The molecule has 214 valence electrons. The zero-order valence-corrected chi connectivity index (χ0v) is 22.5. The fraction of sp³-hybridized carbons (Fsp3) is 0.615. The summed E-state index contributed by atoms with van der Waals surface area (Å²) in [6.45, 7) is 8.36. The maximum atomic E-state index is 12.8. The lowest BCUT2D eigenvalue weighted by Gasteiger charge is -2.42. The Bertz CT molecular complexity index is 1220. The standard InChI is InChI=1S/C26H34F3N5O5/c1-25(2,3)39-24(37)33-11-9-32(10-12-33)17-5-7-18(8-6-17)34-15-16-13-21(30-23(36)26(27,28)29)19(22(35)38-4)14-20(16)31-34/h13-15,17-18H,5-12H2,1-4H3,(H,30,36). The molecule has 1 aromatic heterocycles. The Morgan fingerprint density at radius 1 is 0.974 bits per heavy atom. The highest BCUT2D eigenvalue weighted by atomic mass is 19.4. The van der Waals surface area contributed by atoms with Crippen molar-refractivity contribution in [3.05, 3.63) is 23.9 Å². The number of methoxy groups -OCH3 is 1. The molecule has 2 heterocycles. The van der Waals surface area contributed by atoms with Gasteiger partial charge in [0.1, 0.15) is 5.60 Å². The molecule has 0 atom stereocenters. The van der Waals surface area contributed by atoms with Crippen LogP contribution < -0.4 is 5.32 Å². The van der Waals surface area contributed by atoms with Gasteiger partial charge in [-0.05, 0) is 58.6 Å². The highest BCUT2D eigenvalue weighted by Crippen LogP contribution is 2.33. The van der Waals surface area contributed by atoms with Crippen molar-refractivity contribution in [1.29, 1.82) is 0 Å². The molecule has 2 amide bonds. The number of hydrogen-bond acceptors (Lipinski definition) is 7. The van der Waals surface area contributed by atoms with E-state index in [1.54, 1.807) is 21.1 Å². The number of esters is 1. The number of anilines is 1. The first-order valence-electron chi connectivity index (χ1n) is 13.0. The van der Waals surface area contributed by atoms with Crippen molar-refractivity contribution in [3.8, 4) is 0 Å². The predicted molar refractivity (Wildman–Crippen MR) is 136 cm³/mol. The van der Waals surface area contributed by atoms with Crippen LogP contribution >= 0.6 is 0 Å². The minimum absolute atomic E-state index is 0.0893. The Morgan fingerprint density at radius 2 is 1.59 bits per heavy atom. The second-order valence-electron chi connectivity index (χ2n) is 11.0. The van der Waals surface area contributed by atoms with E-state index in [9.17, 15) is 27.6 Å². The smallest absolute Gasteiger partial charge is 0.465 e. The monoisotopic (exact) mass is 553 g/mol. The largest absolute Gasteiger partial charge is 0.471 e. The number of rotatable bonds is 4. The van der Waals surface area contributed by atoms with Crippen LogP contribution in [-0.4, -0.2) is 88.7 Å². The van der Waals surface area contributed by atoms with Crippen LogP contribution in [0.2, 0.25) is 0 Å². The fourth-order valence-electron chi connectivity index (χ4n) is 5.14. The number of piperazine rings is 1. The number of amides is 2. The average Bonchev–Trinajstić information content (AvgIpc) is 3.29. The number of alkyl halides is 3. The third-order valence-corrected chi connectivity index (χ3v) is 7.10. The number of ether oxygens (including phenoxy) is 2. The molecule has 10 nitrogen and oxygen atoms in total. The lowest BCUT2D eigenvalue weighted by Crippen LogP contribution is -2.53. The van der Waals surface area contributed by atoms with Crippen LogP contribution in [0, 0.1) is 0 Å². The molecule has 1 saturated heterocycles. The third-order valence-electron chi connectivity index (χ3n) is 7.10. The summed E-state index contributed by atoms with van der Waals surface area (Å²) in [5.74, 6) is -3.05. The number of carbonyl (C=O) groups is 3. The van der Waals surface area contributed by atoms with Gasteiger partial charge in [0.15, 0.2) is 0 Å². The van der Waals surface area contributed by atoms with Gasteiger partial charge in [-0.25, -0.2) is 9.59 Å². The van der Waals surface area contributed by atoms with Crippen LogP contribution in [0.15, 0.2) is 18.3 Å². The Kier molecular flexibility index (Phi) is 8.10. The third kappa shape index (κ3) is 6.81. The van der Waals surface area contributed by atoms with Crippen molar-refractivity contribution in [2.75, 3.05) is 38.6 Å². The van der Waals surface area contributed by atoms with E-state index in [2.05, 4.69) is 14.7 Å². The maximum absolute atomic E-state index is 12.8. The molecular formula is C26H34F3N5O5. The van der Waals surface area contributed by atoms with E-state index >= 15 is 0 Å². The fourth-order valence-corrected chi connectivity index (χ4v) is 5.14. The molecule has 39 heavy (non-hydrogen) atoms. The van der Waals surface area contributed by atoms with Gasteiger partial charge >= 0.3 is 24.1 Å². The predicted octanol–water partition coefficient (Wildman–Crippen LogP) is 4.36. The zero-order valence-electron chi connectivity index (χ0n) is 22.5. The number of nitrogens with one attached hydrogen (secondary N) is 1. The summed E-state index contributed by atoms with van der Waals surface area (Å²) in [5.41, 5.74) is -0.600. The second kappa shape index (κ2) is 11.0. The summed E-state index contributed by atoms with van der Waals surface area (Å²) in [5, 5.41) is 6.85. The van der Waals surface area contributed by atoms with Gasteiger partial charge in [0.05, 0.1) is 29.9 Å². The van der Waals surface area contributed by atoms with Crippen molar-refractivity contribution in [2.45, 2.75) is 70.3 Å². The van der Waals surface area contributed by atoms with Gasteiger partial charge in [0.2, 0.25) is 0 Å². The van der Waals surface area contributed by atoms with E-state index in [1.807, 2.05) is 20.8 Å². The van der Waals surface area contributed by atoms with E-state index < -0.39 is 23.7 Å². The molecule has 2 aliphatic rings. The minimum Gasteiger partial charge on any atom is -0.465 e. The van der Waals surface area contributed by atoms with Crippen LogP contribution in [-0.2, 0) is 14.3 Å². The van der Waals surface area contributed by atoms with E-state index in [-0.39, 0.29) is 23.4 Å². The van der Waals surface area contributed by atoms with Crippen LogP contribution in [0.5, 0.6) is 0 Å². The number of carbonyl (C=O) groups excluding carboxylic acids is 3. The first-order chi connectivity index (χ1) is 18.2. The maximum Gasteiger partial charge on any atom is 0.471 e. The number of nitrogens with zero attached hydrogens (tertiary/aromatic N) is 4. The lowest BCUT2D eigenvalue weighted by molar-refractivity contribution is -0.167. The number of benzene rings is 1. The Labute approximate surface area is 224 Å². The summed E-state index contributed by atoms with van der Waals surface area (Å²) in [4.78, 5) is 40.2. The summed E-state index contributed by atoms with van der Waals surface area (Å²) in [6, 6.07) is 3.12. The highest BCUT2D eigenvalue weighted by molar-refractivity contribution is 6.06. The molecule has 1 aliphatic carbocycles. The summed E-state index contributed by atoms with van der Waals surface area (Å²) >= 11 is 0. The van der Waals surface area contributed by atoms with Crippen molar-refractivity contribution in [2.24, 2.45) is 0 Å². The zero-order chi connectivity index (χ0) is 28.5. The summed E-state index contributed by atoms with van der Waals surface area (Å²) in [6.07, 6.45) is -0.0779. The van der Waals surface area contributed by atoms with Crippen molar-refractivity contribution in [3.63, 3.8) is 0 Å². The Morgan fingerprint density at radius 3 is 2.15 bits per heavy atom. The molecule has 0 bridgehead atoms. The molecule has 1 N–H and O–H groups in total. The average molecular weight is 554 g/mol. The quantitative estimate of drug-likeness (QED) is 0.561. The van der Waals surface area contributed by atoms with Crippen molar-refractivity contribution < 1.29 is 37.0 Å². The van der Waals surface area contributed by atoms with Gasteiger partial charge in [-0.3, -0.25) is 14.4 Å². The molecule has 1 saturated carbocycles. The van der Waals surface area contributed by atoms with Crippen LogP contribution in [0.25, 0.3) is 10.9 Å². The normalized spacial score (nSPS) is 21.1. The molecule has 0 unspecified atom stereocenters. The molecule has 2 fully saturated rings. The van der Waals surface area contributed by atoms with Crippen molar-refractivity contribution in [1.82, 2.24) is 19.6 Å². The Balaban J connectivity index is 1.40. The second-order valence-corrected chi connectivity index (χ2v) is 11.0. The van der Waals surface area contributed by atoms with E-state index in [1.165, 1.54) is 12.1 Å². The first kappa shape index (κ1) is 28.7. The van der Waals surface area contributed by atoms with Gasteiger partial charge in [0, 0.05) is 43.8 Å². The van der Waals surface area contributed by atoms with Gasteiger partial charge in [-0.15, -0.1) is 0 Å². The number of hydrogen-bond donors (Lipinski definition) is 1. The van der Waals surface area contributed by atoms with Gasteiger partial charge in [0.25, 0.3) is 0 Å². The van der Waals surface area contributed by atoms with Crippen LogP contribution in [0.1, 0.15) is 62.9 Å². The van der Waals surface area contributed by atoms with E-state index in [4.69, 9.17) is 4.74 Å². The van der Waals surface area contributed by atoms with Gasteiger partial charge in [-0.1, -0.05) is 0 Å². The van der Waals surface area contributed by atoms with Gasteiger partial charge < -0.3 is 19.7 Å². The van der Waals surface area contributed by atoms with Gasteiger partial charge in [-0.2, -0.15) is 18.3 Å². The number of aromatic nitrogens is 2. The molecule has 0 radical (unpaired) electrons. The molecule has 4 rings (SSSR count). The molecule has 13 heteroatoms. The summed E-state index contributed by atoms with van der Waals surface area (Å²) in [7, 11) is 1.11. The van der Waals surface area contributed by atoms with E-state index in [0.29, 0.717) is 30.0 Å². The van der Waals surface area contributed by atoms with Crippen LogP contribution in [0.4, 0.5) is 23.7 Å². The summed E-state index contributed by atoms with van der Waals surface area (Å²) < 4.78 is 50.4. The Hall–Kier alpha value is -3.35. The van der Waals surface area contributed by atoms with Crippen molar-refractivity contribution >= 4 is 34.6 Å². The molecular weight excluding hydrogens is 519 g/mol. The van der Waals surface area contributed by atoms with Crippen LogP contribution in [0.3, 0.4) is 0 Å². The topological polar surface area (TPSA) is 106 Å². The lowest BCUT2D eigenvalue weighted by atomic mass is 9.90. The number of fused-ring (bicyclic) bond motifs is 1. The first-order valence-corrected chi connectivity index (χ1v) is 13.0. The molecule has 2 aromatic rings. The molecule has 0 spiro atoms. The number of halogens is 3. The van der Waals surface area contributed by atoms with E-state index in [0.717, 1.165) is 45.9 Å². The minimum atomic E-state index is -5.10. The highest BCUT2D eigenvalue weighted by Gasteiger charge is 2.39. The SMILES string of the molecule is COC(=O)c1cc2nn(C3CCC(N4CCN(C(=O)OC(C)(C)C)CC4)CC3)cc2cc1NC(=O)C(F)(F)F. The molecule has 1 aliphatic heterocycles.